The van der Waals surface area contributed by atoms with Crippen molar-refractivity contribution in [2.45, 2.75) is 6.54 Å². The quantitative estimate of drug-likeness (QED) is 0.605. The Morgan fingerprint density at radius 3 is 2.41 bits per heavy atom. The molecule has 0 amide bonds. The molecule has 0 atom stereocenters. The van der Waals surface area contributed by atoms with E-state index in [1.165, 1.54) is 5.69 Å². The molecular weight excluding hydrogens is 274 g/mol. The van der Waals surface area contributed by atoms with E-state index in [2.05, 4.69) is 68.8 Å². The van der Waals surface area contributed by atoms with E-state index in [1.54, 1.807) is 7.05 Å². The highest BCUT2D eigenvalue weighted by Crippen LogP contribution is 2.09. The summed E-state index contributed by atoms with van der Waals surface area (Å²) in [5, 5.41) is 6.66. The second-order valence-corrected chi connectivity index (χ2v) is 5.10. The SMILES string of the molecule is CN=C(NCCN(C)c1ccccc1)NCCn1cccc1. The van der Waals surface area contributed by atoms with E-state index in [0.29, 0.717) is 0 Å². The number of aromatic nitrogens is 1. The first-order chi connectivity index (χ1) is 10.8. The summed E-state index contributed by atoms with van der Waals surface area (Å²) in [5.41, 5.74) is 1.22. The minimum absolute atomic E-state index is 0.841. The van der Waals surface area contributed by atoms with Crippen molar-refractivity contribution in [3.05, 3.63) is 54.9 Å². The van der Waals surface area contributed by atoms with Crippen LogP contribution in [0.3, 0.4) is 0 Å². The molecule has 2 aromatic rings. The maximum absolute atomic E-state index is 4.24. The molecule has 0 bridgehead atoms. The highest BCUT2D eigenvalue weighted by molar-refractivity contribution is 5.79. The Labute approximate surface area is 132 Å². The Morgan fingerprint density at radius 2 is 1.73 bits per heavy atom. The Hall–Kier alpha value is -2.43. The number of aliphatic imine (C=N–C) groups is 1. The van der Waals surface area contributed by atoms with Gasteiger partial charge in [-0.2, -0.15) is 0 Å². The molecule has 0 saturated carbocycles. The average molecular weight is 299 g/mol. The van der Waals surface area contributed by atoms with Crippen molar-refractivity contribution >= 4 is 11.6 Å². The maximum Gasteiger partial charge on any atom is 0.191 e. The van der Waals surface area contributed by atoms with Gasteiger partial charge in [-0.3, -0.25) is 4.99 Å². The summed E-state index contributed by atoms with van der Waals surface area (Å²) in [4.78, 5) is 6.47. The summed E-state index contributed by atoms with van der Waals surface area (Å²) < 4.78 is 2.14. The molecule has 1 aromatic heterocycles. The van der Waals surface area contributed by atoms with Gasteiger partial charge < -0.3 is 20.1 Å². The molecule has 0 fully saturated rings. The lowest BCUT2D eigenvalue weighted by Crippen LogP contribution is -2.42. The molecule has 0 unspecified atom stereocenters. The molecule has 0 spiro atoms. The van der Waals surface area contributed by atoms with E-state index in [-0.39, 0.29) is 0 Å². The van der Waals surface area contributed by atoms with Crippen LogP contribution in [0.25, 0.3) is 0 Å². The lowest BCUT2D eigenvalue weighted by atomic mass is 10.3. The van der Waals surface area contributed by atoms with Crippen molar-refractivity contribution in [1.82, 2.24) is 15.2 Å². The zero-order valence-corrected chi connectivity index (χ0v) is 13.4. The van der Waals surface area contributed by atoms with Crippen LogP contribution in [0.1, 0.15) is 0 Å². The highest BCUT2D eigenvalue weighted by Gasteiger charge is 2.01. The summed E-state index contributed by atoms with van der Waals surface area (Å²) >= 11 is 0. The molecule has 5 nitrogen and oxygen atoms in total. The monoisotopic (exact) mass is 299 g/mol. The molecule has 2 rings (SSSR count). The van der Waals surface area contributed by atoms with Crippen molar-refractivity contribution < 1.29 is 0 Å². The van der Waals surface area contributed by atoms with Gasteiger partial charge in [-0.1, -0.05) is 18.2 Å². The topological polar surface area (TPSA) is 44.6 Å². The van der Waals surface area contributed by atoms with Crippen LogP contribution in [-0.2, 0) is 6.54 Å². The van der Waals surface area contributed by atoms with Gasteiger partial charge in [0, 0.05) is 58.4 Å². The van der Waals surface area contributed by atoms with Crippen LogP contribution in [0.15, 0.2) is 59.9 Å². The van der Waals surface area contributed by atoms with Crippen molar-refractivity contribution in [2.75, 3.05) is 38.6 Å². The molecule has 0 aliphatic heterocycles. The Morgan fingerprint density at radius 1 is 1.05 bits per heavy atom. The van der Waals surface area contributed by atoms with Crippen LogP contribution in [0.2, 0.25) is 0 Å². The number of benzene rings is 1. The predicted octanol–water partition coefficient (Wildman–Crippen LogP) is 1.79. The zero-order chi connectivity index (χ0) is 15.6. The molecule has 0 aliphatic carbocycles. The Kier molecular flexibility index (Phi) is 6.36. The summed E-state index contributed by atoms with van der Waals surface area (Å²) in [6, 6.07) is 14.4. The smallest absolute Gasteiger partial charge is 0.191 e. The Balaban J connectivity index is 1.66. The van der Waals surface area contributed by atoms with E-state index in [4.69, 9.17) is 0 Å². The summed E-state index contributed by atoms with van der Waals surface area (Å²) in [7, 11) is 3.89. The first kappa shape index (κ1) is 15.9. The first-order valence-corrected chi connectivity index (χ1v) is 7.61. The number of likely N-dealkylation sites (N-methyl/N-ethyl adjacent to an activating group) is 1. The van der Waals surface area contributed by atoms with Gasteiger partial charge in [-0.15, -0.1) is 0 Å². The van der Waals surface area contributed by atoms with E-state index in [1.807, 2.05) is 18.2 Å². The second kappa shape index (κ2) is 8.77. The number of nitrogens with one attached hydrogen (secondary N) is 2. The third-order valence-electron chi connectivity index (χ3n) is 3.49. The fraction of sp³-hybridized carbons (Fsp3) is 0.353. The van der Waals surface area contributed by atoms with Crippen molar-refractivity contribution in [1.29, 1.82) is 0 Å². The van der Waals surface area contributed by atoms with Gasteiger partial charge in [0.25, 0.3) is 0 Å². The van der Waals surface area contributed by atoms with Gasteiger partial charge in [0.15, 0.2) is 5.96 Å². The standard InChI is InChI=1S/C17H25N5/c1-18-17(20-11-15-22-12-6-7-13-22)19-10-14-21(2)16-8-4-3-5-9-16/h3-9,12-13H,10-11,14-15H2,1-2H3,(H2,18,19,20). The van der Waals surface area contributed by atoms with Crippen molar-refractivity contribution in [2.24, 2.45) is 4.99 Å². The number of hydrogen-bond acceptors (Lipinski definition) is 2. The third-order valence-corrected chi connectivity index (χ3v) is 3.49. The number of hydrogen-bond donors (Lipinski definition) is 2. The predicted molar refractivity (Wildman–Crippen MR) is 93.5 cm³/mol. The van der Waals surface area contributed by atoms with Crippen LogP contribution in [0.5, 0.6) is 0 Å². The first-order valence-electron chi connectivity index (χ1n) is 7.61. The van der Waals surface area contributed by atoms with Crippen molar-refractivity contribution in [3.63, 3.8) is 0 Å². The fourth-order valence-electron chi connectivity index (χ4n) is 2.20. The number of anilines is 1. The van der Waals surface area contributed by atoms with Gasteiger partial charge in [-0.05, 0) is 24.3 Å². The van der Waals surface area contributed by atoms with Gasteiger partial charge in [-0.25, -0.2) is 0 Å². The lowest BCUT2D eigenvalue weighted by Gasteiger charge is -2.20. The third kappa shape index (κ3) is 5.16. The molecule has 0 aliphatic rings. The molecule has 2 N–H and O–H groups in total. The number of rotatable bonds is 7. The van der Waals surface area contributed by atoms with E-state index in [0.717, 1.165) is 32.1 Å². The largest absolute Gasteiger partial charge is 0.373 e. The molecule has 5 heteroatoms. The van der Waals surface area contributed by atoms with E-state index >= 15 is 0 Å². The molecule has 1 heterocycles. The van der Waals surface area contributed by atoms with Crippen LogP contribution in [-0.4, -0.2) is 44.3 Å². The summed E-state index contributed by atoms with van der Waals surface area (Å²) in [6.45, 7) is 3.54. The average Bonchev–Trinajstić information content (AvgIpc) is 3.07. The summed E-state index contributed by atoms with van der Waals surface area (Å²) in [5.74, 6) is 0.841. The normalized spacial score (nSPS) is 11.3. The van der Waals surface area contributed by atoms with Gasteiger partial charge >= 0.3 is 0 Å². The number of para-hydroxylation sites is 1. The van der Waals surface area contributed by atoms with Crippen LogP contribution in [0.4, 0.5) is 5.69 Å². The Bertz CT molecular complexity index is 548. The lowest BCUT2D eigenvalue weighted by molar-refractivity contribution is 0.664. The maximum atomic E-state index is 4.24. The van der Waals surface area contributed by atoms with E-state index in [9.17, 15) is 0 Å². The van der Waals surface area contributed by atoms with Gasteiger partial charge in [0.2, 0.25) is 0 Å². The highest BCUT2D eigenvalue weighted by atomic mass is 15.2. The minimum atomic E-state index is 0.841. The van der Waals surface area contributed by atoms with Gasteiger partial charge in [0.1, 0.15) is 0 Å². The molecule has 1 aromatic carbocycles. The molecular formula is C17H25N5. The number of nitrogens with zero attached hydrogens (tertiary/aromatic N) is 3. The van der Waals surface area contributed by atoms with Crippen LogP contribution < -0.4 is 15.5 Å². The van der Waals surface area contributed by atoms with Gasteiger partial charge in [0.05, 0.1) is 0 Å². The summed E-state index contributed by atoms with van der Waals surface area (Å²) in [6.07, 6.45) is 4.12. The number of guanidine groups is 1. The van der Waals surface area contributed by atoms with Crippen molar-refractivity contribution in [3.8, 4) is 0 Å². The second-order valence-electron chi connectivity index (χ2n) is 5.10. The van der Waals surface area contributed by atoms with Crippen LogP contribution >= 0.6 is 0 Å². The minimum Gasteiger partial charge on any atom is -0.373 e. The van der Waals surface area contributed by atoms with Crippen LogP contribution in [0, 0.1) is 0 Å². The molecule has 22 heavy (non-hydrogen) atoms. The molecule has 0 radical (unpaired) electrons. The fourth-order valence-corrected chi connectivity index (χ4v) is 2.20. The van der Waals surface area contributed by atoms with E-state index < -0.39 is 0 Å². The molecule has 118 valence electrons. The zero-order valence-electron chi connectivity index (χ0n) is 13.4. The molecule has 0 saturated heterocycles.